The zero-order valence-electron chi connectivity index (χ0n) is 10.7. The maximum atomic E-state index is 11.5. The Labute approximate surface area is 111 Å². The van der Waals surface area contributed by atoms with Gasteiger partial charge in [-0.2, -0.15) is 0 Å². The number of amides is 1. The summed E-state index contributed by atoms with van der Waals surface area (Å²) in [5.41, 5.74) is 0.325. The van der Waals surface area contributed by atoms with Crippen LogP contribution in [0.5, 0.6) is 5.75 Å². The quantitative estimate of drug-likeness (QED) is 0.783. The van der Waals surface area contributed by atoms with Crippen molar-refractivity contribution in [3.63, 3.8) is 0 Å². The summed E-state index contributed by atoms with van der Waals surface area (Å²) < 4.78 is 32.4. The molecule has 0 radical (unpaired) electrons. The fourth-order valence-electron chi connectivity index (χ4n) is 1.40. The Morgan fingerprint density at radius 3 is 2.58 bits per heavy atom. The summed E-state index contributed by atoms with van der Waals surface area (Å²) >= 11 is 0. The molecule has 0 unspecified atom stereocenters. The summed E-state index contributed by atoms with van der Waals surface area (Å²) in [5, 5.41) is 7.62. The van der Waals surface area contributed by atoms with Crippen LogP contribution in [0.4, 0.5) is 5.69 Å². The lowest BCUT2D eigenvalue weighted by atomic mass is 10.3. The zero-order valence-corrected chi connectivity index (χ0v) is 11.5. The maximum Gasteiger partial charge on any atom is 0.241 e. The lowest BCUT2D eigenvalue weighted by molar-refractivity contribution is -0.117. The Morgan fingerprint density at radius 1 is 1.37 bits per heavy atom. The van der Waals surface area contributed by atoms with Gasteiger partial charge in [0.25, 0.3) is 0 Å². The molecule has 0 heterocycles. The smallest absolute Gasteiger partial charge is 0.241 e. The van der Waals surface area contributed by atoms with E-state index in [9.17, 15) is 13.2 Å². The van der Waals surface area contributed by atoms with Gasteiger partial charge in [0.15, 0.2) is 0 Å². The second kappa shape index (κ2) is 6.50. The van der Waals surface area contributed by atoms with Crippen molar-refractivity contribution in [2.24, 2.45) is 5.14 Å². The average molecular weight is 288 g/mol. The molecule has 0 aromatic heterocycles. The molecule has 0 fully saturated rings. The Bertz CT molecular complexity index is 556. The third-order valence-electron chi connectivity index (χ3n) is 2.29. The number of nitrogens with one attached hydrogen (secondary N) is 1. The second-order valence-corrected chi connectivity index (χ2v) is 5.23. The highest BCUT2D eigenvalue weighted by molar-refractivity contribution is 7.89. The van der Waals surface area contributed by atoms with E-state index in [0.717, 1.165) is 0 Å². The van der Waals surface area contributed by atoms with Crippen LogP contribution < -0.4 is 15.2 Å². The Hall–Kier alpha value is -1.64. The van der Waals surface area contributed by atoms with Crippen LogP contribution in [0, 0.1) is 0 Å². The number of nitrogens with two attached hydrogens (primary N) is 1. The first-order valence-corrected chi connectivity index (χ1v) is 6.92. The van der Waals surface area contributed by atoms with Crippen molar-refractivity contribution in [2.75, 3.05) is 26.1 Å². The summed E-state index contributed by atoms with van der Waals surface area (Å²) in [6, 6.07) is 4.20. The number of rotatable bonds is 6. The van der Waals surface area contributed by atoms with E-state index in [1.807, 2.05) is 0 Å². The number of hydrogen-bond donors (Lipinski definition) is 2. The molecule has 0 aliphatic carbocycles. The van der Waals surface area contributed by atoms with E-state index in [0.29, 0.717) is 5.69 Å². The molecule has 106 valence electrons. The van der Waals surface area contributed by atoms with Crippen LogP contribution in [-0.4, -0.2) is 35.2 Å². The number of carbonyl (C=O) groups excluding carboxylic acids is 1. The highest BCUT2D eigenvalue weighted by Crippen LogP contribution is 2.26. The molecule has 0 atom stereocenters. The third kappa shape index (κ3) is 4.51. The lowest BCUT2D eigenvalue weighted by Gasteiger charge is -2.10. The number of methoxy groups -OCH3 is 2. The third-order valence-corrected chi connectivity index (χ3v) is 3.22. The number of hydrogen-bond acceptors (Lipinski definition) is 5. The first-order chi connectivity index (χ1) is 8.88. The molecular weight excluding hydrogens is 272 g/mol. The van der Waals surface area contributed by atoms with Crippen LogP contribution in [0.2, 0.25) is 0 Å². The van der Waals surface area contributed by atoms with Crippen LogP contribution in [0.1, 0.15) is 6.42 Å². The number of anilines is 1. The number of benzene rings is 1. The molecule has 8 heteroatoms. The molecule has 3 N–H and O–H groups in total. The average Bonchev–Trinajstić information content (AvgIpc) is 2.35. The minimum Gasteiger partial charge on any atom is -0.495 e. The summed E-state index contributed by atoms with van der Waals surface area (Å²) in [7, 11) is -1.10. The van der Waals surface area contributed by atoms with E-state index in [2.05, 4.69) is 5.32 Å². The van der Waals surface area contributed by atoms with Crippen molar-refractivity contribution in [1.29, 1.82) is 0 Å². The minimum absolute atomic E-state index is 0.123. The van der Waals surface area contributed by atoms with Gasteiger partial charge in [-0.3, -0.25) is 4.79 Å². The van der Waals surface area contributed by atoms with E-state index >= 15 is 0 Å². The first kappa shape index (κ1) is 15.4. The summed E-state index contributed by atoms with van der Waals surface area (Å²) in [4.78, 5) is 11.3. The van der Waals surface area contributed by atoms with Crippen LogP contribution in [0.3, 0.4) is 0 Å². The second-order valence-electron chi connectivity index (χ2n) is 3.70. The van der Waals surface area contributed by atoms with Crippen LogP contribution >= 0.6 is 0 Å². The predicted octanol–water partition coefficient (Wildman–Crippen LogP) is 0.318. The van der Waals surface area contributed by atoms with Gasteiger partial charge < -0.3 is 14.8 Å². The van der Waals surface area contributed by atoms with Crippen molar-refractivity contribution in [2.45, 2.75) is 11.3 Å². The highest BCUT2D eigenvalue weighted by atomic mass is 32.2. The van der Waals surface area contributed by atoms with E-state index < -0.39 is 10.0 Å². The minimum atomic E-state index is -3.92. The van der Waals surface area contributed by atoms with Crippen molar-refractivity contribution in [1.82, 2.24) is 0 Å². The summed E-state index contributed by atoms with van der Waals surface area (Å²) in [6.07, 6.45) is 0.174. The largest absolute Gasteiger partial charge is 0.495 e. The molecule has 1 amide bonds. The summed E-state index contributed by atoms with van der Waals surface area (Å²) in [5.74, 6) is -0.162. The molecule has 0 saturated heterocycles. The van der Waals surface area contributed by atoms with Gasteiger partial charge in [0.05, 0.1) is 20.1 Å². The van der Waals surface area contributed by atoms with Gasteiger partial charge in [-0.25, -0.2) is 13.6 Å². The zero-order chi connectivity index (χ0) is 14.5. The van der Waals surface area contributed by atoms with Crippen molar-refractivity contribution in [3.8, 4) is 5.75 Å². The number of sulfonamides is 1. The maximum absolute atomic E-state index is 11.5. The number of primary sulfonamides is 1. The molecular formula is C11H16N2O5S. The van der Waals surface area contributed by atoms with Crippen LogP contribution in [0.25, 0.3) is 0 Å². The van der Waals surface area contributed by atoms with E-state index in [-0.39, 0.29) is 29.6 Å². The molecule has 0 spiro atoms. The van der Waals surface area contributed by atoms with Gasteiger partial charge in [-0.1, -0.05) is 0 Å². The van der Waals surface area contributed by atoms with Gasteiger partial charge in [0.1, 0.15) is 10.6 Å². The standard InChI is InChI=1S/C11H16N2O5S/c1-17-6-5-11(14)13-8-3-4-9(18-2)10(7-8)19(12,15)16/h3-4,7H,5-6H2,1-2H3,(H,13,14)(H2,12,15,16). The molecule has 1 rings (SSSR count). The molecule has 0 bridgehead atoms. The topological polar surface area (TPSA) is 108 Å². The lowest BCUT2D eigenvalue weighted by Crippen LogP contribution is -2.16. The fraction of sp³-hybridized carbons (Fsp3) is 0.364. The number of carbonyl (C=O) groups is 1. The molecule has 7 nitrogen and oxygen atoms in total. The van der Waals surface area contributed by atoms with Gasteiger partial charge in [0, 0.05) is 12.8 Å². The Balaban J connectivity index is 2.96. The highest BCUT2D eigenvalue weighted by Gasteiger charge is 2.16. The molecule has 0 aliphatic heterocycles. The predicted molar refractivity (Wildman–Crippen MR) is 69.5 cm³/mol. The fourth-order valence-corrected chi connectivity index (χ4v) is 2.12. The van der Waals surface area contributed by atoms with Crippen molar-refractivity contribution < 1.29 is 22.7 Å². The van der Waals surface area contributed by atoms with E-state index in [1.54, 1.807) is 0 Å². The van der Waals surface area contributed by atoms with Crippen molar-refractivity contribution >= 4 is 21.6 Å². The van der Waals surface area contributed by atoms with E-state index in [1.165, 1.54) is 32.4 Å². The van der Waals surface area contributed by atoms with Gasteiger partial charge >= 0.3 is 0 Å². The normalized spacial score (nSPS) is 11.1. The molecule has 0 saturated carbocycles. The summed E-state index contributed by atoms with van der Waals surface area (Å²) in [6.45, 7) is 0.282. The van der Waals surface area contributed by atoms with Crippen LogP contribution in [-0.2, 0) is 19.6 Å². The SMILES string of the molecule is COCCC(=O)Nc1ccc(OC)c(S(N)(=O)=O)c1. The van der Waals surface area contributed by atoms with Crippen LogP contribution in [0.15, 0.2) is 23.1 Å². The van der Waals surface area contributed by atoms with Crippen molar-refractivity contribution in [3.05, 3.63) is 18.2 Å². The molecule has 1 aromatic rings. The van der Waals surface area contributed by atoms with Gasteiger partial charge in [0.2, 0.25) is 15.9 Å². The molecule has 0 aliphatic rings. The Morgan fingerprint density at radius 2 is 2.05 bits per heavy atom. The first-order valence-electron chi connectivity index (χ1n) is 5.38. The molecule has 1 aromatic carbocycles. The molecule has 19 heavy (non-hydrogen) atoms. The number of ether oxygens (including phenoxy) is 2. The Kier molecular flexibility index (Phi) is 5.28. The monoisotopic (exact) mass is 288 g/mol. The van der Waals surface area contributed by atoms with Gasteiger partial charge in [-0.15, -0.1) is 0 Å². The van der Waals surface area contributed by atoms with Gasteiger partial charge in [-0.05, 0) is 18.2 Å². The van der Waals surface area contributed by atoms with E-state index in [4.69, 9.17) is 14.6 Å².